The van der Waals surface area contributed by atoms with Crippen LogP contribution in [0.4, 0.5) is 10.8 Å². The molecule has 2 aromatic rings. The van der Waals surface area contributed by atoms with Crippen LogP contribution < -0.4 is 5.43 Å². The number of hydrogen-bond acceptors (Lipinski definition) is 6. The average molecular weight is 370 g/mol. The summed E-state index contributed by atoms with van der Waals surface area (Å²) in [7, 11) is 0. The Morgan fingerprint density at radius 3 is 2.85 bits per heavy atom. The van der Waals surface area contributed by atoms with Crippen LogP contribution in [0.3, 0.4) is 0 Å². The second-order valence-electron chi connectivity index (χ2n) is 8.01. The summed E-state index contributed by atoms with van der Waals surface area (Å²) in [6.07, 6.45) is 3.54. The van der Waals surface area contributed by atoms with Crippen LogP contribution in [0.1, 0.15) is 40.0 Å². The molecule has 1 heterocycles. The van der Waals surface area contributed by atoms with E-state index in [0.717, 1.165) is 17.7 Å². The van der Waals surface area contributed by atoms with Crippen molar-refractivity contribution in [2.45, 2.75) is 40.0 Å². The Morgan fingerprint density at radius 2 is 2.19 bits per heavy atom. The van der Waals surface area contributed by atoms with Crippen LogP contribution in [0.5, 0.6) is 0 Å². The monoisotopic (exact) mass is 370 g/mol. The summed E-state index contributed by atoms with van der Waals surface area (Å²) >= 11 is 1.46. The van der Waals surface area contributed by atoms with E-state index >= 15 is 0 Å². The lowest BCUT2D eigenvalue weighted by molar-refractivity contribution is -0.384. The molecule has 7 heteroatoms. The number of nitrogens with one attached hydrogen (secondary N) is 1. The maximum absolute atomic E-state index is 10.9. The lowest BCUT2D eigenvalue weighted by Gasteiger charge is -2.34. The van der Waals surface area contributed by atoms with E-state index in [4.69, 9.17) is 5.10 Å². The van der Waals surface area contributed by atoms with E-state index in [1.54, 1.807) is 12.1 Å². The van der Waals surface area contributed by atoms with E-state index < -0.39 is 4.92 Å². The molecule has 2 fully saturated rings. The third-order valence-corrected chi connectivity index (χ3v) is 7.40. The Labute approximate surface area is 156 Å². The number of rotatable bonds is 4. The smallest absolute Gasteiger partial charge is 0.258 e. The van der Waals surface area contributed by atoms with Crippen molar-refractivity contribution in [3.63, 3.8) is 0 Å². The molecule has 4 rings (SSSR count). The van der Waals surface area contributed by atoms with Gasteiger partial charge in [-0.25, -0.2) is 4.98 Å². The molecule has 1 aromatic heterocycles. The van der Waals surface area contributed by atoms with Crippen molar-refractivity contribution in [1.82, 2.24) is 4.98 Å². The maximum Gasteiger partial charge on any atom is 0.270 e. The lowest BCUT2D eigenvalue weighted by Crippen LogP contribution is -2.32. The number of aromatic nitrogens is 1. The minimum atomic E-state index is -0.390. The lowest BCUT2D eigenvalue weighted by atomic mass is 9.70. The van der Waals surface area contributed by atoms with E-state index in [2.05, 4.69) is 31.2 Å². The third kappa shape index (κ3) is 2.53. The number of nitrogens with zero attached hydrogens (tertiary/aromatic N) is 3. The topological polar surface area (TPSA) is 80.4 Å². The molecule has 2 saturated carbocycles. The zero-order valence-corrected chi connectivity index (χ0v) is 16.0. The van der Waals surface area contributed by atoms with Gasteiger partial charge in [0.05, 0.1) is 10.6 Å². The molecule has 136 valence electrons. The highest BCUT2D eigenvalue weighted by molar-refractivity contribution is 7.14. The molecule has 0 spiro atoms. The molecule has 2 atom stereocenters. The zero-order valence-electron chi connectivity index (χ0n) is 15.2. The first-order valence-electron chi connectivity index (χ1n) is 8.85. The summed E-state index contributed by atoms with van der Waals surface area (Å²) in [4.78, 5) is 15.1. The highest BCUT2D eigenvalue weighted by Crippen LogP contribution is 2.63. The van der Waals surface area contributed by atoms with E-state index in [-0.39, 0.29) is 11.1 Å². The van der Waals surface area contributed by atoms with Gasteiger partial charge in [-0.1, -0.05) is 32.9 Å². The van der Waals surface area contributed by atoms with Gasteiger partial charge in [0.15, 0.2) is 0 Å². The first-order valence-corrected chi connectivity index (χ1v) is 9.72. The van der Waals surface area contributed by atoms with Crippen molar-refractivity contribution in [3.8, 4) is 11.3 Å². The first kappa shape index (κ1) is 17.1. The molecule has 1 aromatic carbocycles. The second kappa shape index (κ2) is 5.87. The SMILES string of the molecule is CC12CCC(C/C1=N/Nc1nc(-c3cccc([N+](=O)[O-])c3)cs1)C2(C)C. The number of thiazole rings is 1. The predicted octanol–water partition coefficient (Wildman–Crippen LogP) is 5.33. The quantitative estimate of drug-likeness (QED) is 0.582. The average Bonchev–Trinajstić information content (AvgIpc) is 3.22. The maximum atomic E-state index is 10.9. The van der Waals surface area contributed by atoms with Crippen molar-refractivity contribution < 1.29 is 4.92 Å². The summed E-state index contributed by atoms with van der Waals surface area (Å²) < 4.78 is 0. The first-order chi connectivity index (χ1) is 12.3. The Kier molecular flexibility index (Phi) is 3.87. The Morgan fingerprint density at radius 1 is 1.38 bits per heavy atom. The fourth-order valence-electron chi connectivity index (χ4n) is 4.45. The molecule has 6 nitrogen and oxygen atoms in total. The highest BCUT2D eigenvalue weighted by atomic mass is 32.1. The van der Waals surface area contributed by atoms with Gasteiger partial charge in [-0.2, -0.15) is 5.10 Å². The van der Waals surface area contributed by atoms with Gasteiger partial charge in [0.2, 0.25) is 5.13 Å². The summed E-state index contributed by atoms with van der Waals surface area (Å²) in [5.41, 5.74) is 6.35. The van der Waals surface area contributed by atoms with Gasteiger partial charge in [-0.15, -0.1) is 11.3 Å². The van der Waals surface area contributed by atoms with Crippen molar-refractivity contribution in [2.75, 3.05) is 5.43 Å². The molecular weight excluding hydrogens is 348 g/mol. The predicted molar refractivity (Wildman–Crippen MR) is 104 cm³/mol. The summed E-state index contributed by atoms with van der Waals surface area (Å²) in [5, 5.41) is 18.3. The molecule has 2 unspecified atom stereocenters. The van der Waals surface area contributed by atoms with Crippen LogP contribution in [-0.4, -0.2) is 15.6 Å². The van der Waals surface area contributed by atoms with E-state index in [1.807, 2.05) is 11.4 Å². The molecule has 0 aliphatic heterocycles. The standard InChI is InChI=1S/C19H22N4O2S/c1-18(2)13-7-8-19(18,3)16(10-13)21-22-17-20-15(11-26-17)12-5-4-6-14(9-12)23(24)25/h4-6,9,11,13H,7-8,10H2,1-3H3,(H,20,22)/b21-16-. The van der Waals surface area contributed by atoms with Crippen LogP contribution in [0, 0.1) is 26.9 Å². The number of anilines is 1. The second-order valence-corrected chi connectivity index (χ2v) is 8.87. The van der Waals surface area contributed by atoms with Crippen molar-refractivity contribution in [2.24, 2.45) is 21.8 Å². The molecule has 0 radical (unpaired) electrons. The normalized spacial score (nSPS) is 27.8. The Hall–Kier alpha value is -2.28. The number of fused-ring (bicyclic) bond motifs is 2. The van der Waals surface area contributed by atoms with Crippen LogP contribution in [-0.2, 0) is 0 Å². The van der Waals surface area contributed by atoms with Gasteiger partial charge in [0.1, 0.15) is 0 Å². The largest absolute Gasteiger partial charge is 0.270 e. The summed E-state index contributed by atoms with van der Waals surface area (Å²) in [6.45, 7) is 7.05. The van der Waals surface area contributed by atoms with Gasteiger partial charge < -0.3 is 0 Å². The molecule has 2 bridgehead atoms. The Balaban J connectivity index is 1.53. The Bertz CT molecular complexity index is 904. The summed E-state index contributed by atoms with van der Waals surface area (Å²) in [6, 6.07) is 6.54. The van der Waals surface area contributed by atoms with Gasteiger partial charge in [0, 0.05) is 34.2 Å². The van der Waals surface area contributed by atoms with Crippen LogP contribution in [0.15, 0.2) is 34.7 Å². The van der Waals surface area contributed by atoms with Gasteiger partial charge in [-0.3, -0.25) is 15.5 Å². The minimum absolute atomic E-state index is 0.0717. The molecule has 0 amide bonds. The number of non-ortho nitro benzene ring substituents is 1. The summed E-state index contributed by atoms with van der Waals surface area (Å²) in [5.74, 6) is 0.713. The van der Waals surface area contributed by atoms with Crippen molar-refractivity contribution in [3.05, 3.63) is 39.8 Å². The van der Waals surface area contributed by atoms with Gasteiger partial charge >= 0.3 is 0 Å². The van der Waals surface area contributed by atoms with Crippen LogP contribution in [0.2, 0.25) is 0 Å². The zero-order chi connectivity index (χ0) is 18.5. The molecule has 0 saturated heterocycles. The molecule has 2 aliphatic carbocycles. The number of nitro groups is 1. The van der Waals surface area contributed by atoms with Crippen LogP contribution in [0.25, 0.3) is 11.3 Å². The minimum Gasteiger partial charge on any atom is -0.258 e. The highest BCUT2D eigenvalue weighted by Gasteiger charge is 2.59. The fraction of sp³-hybridized carbons (Fsp3) is 0.474. The fourth-order valence-corrected chi connectivity index (χ4v) is 5.11. The van der Waals surface area contributed by atoms with Crippen LogP contribution >= 0.6 is 11.3 Å². The number of nitro benzene ring substituents is 1. The molecule has 1 N–H and O–H groups in total. The molecular formula is C19H22N4O2S. The van der Waals surface area contributed by atoms with Crippen molar-refractivity contribution >= 4 is 27.9 Å². The van der Waals surface area contributed by atoms with E-state index in [1.165, 1.54) is 36.0 Å². The number of benzene rings is 1. The third-order valence-electron chi connectivity index (χ3n) is 6.66. The van der Waals surface area contributed by atoms with E-state index in [0.29, 0.717) is 16.5 Å². The van der Waals surface area contributed by atoms with Crippen molar-refractivity contribution in [1.29, 1.82) is 0 Å². The number of hydrazone groups is 1. The van der Waals surface area contributed by atoms with Gasteiger partial charge in [0.25, 0.3) is 5.69 Å². The van der Waals surface area contributed by atoms with Gasteiger partial charge in [-0.05, 0) is 30.6 Å². The molecule has 2 aliphatic rings. The molecule has 26 heavy (non-hydrogen) atoms. The van der Waals surface area contributed by atoms with E-state index in [9.17, 15) is 10.1 Å². The number of hydrogen-bond donors (Lipinski definition) is 1.